The number of amides is 2. The maximum absolute atomic E-state index is 12.7. The second-order valence-corrected chi connectivity index (χ2v) is 7.01. The first-order valence-corrected chi connectivity index (χ1v) is 9.56. The Morgan fingerprint density at radius 1 is 1.14 bits per heavy atom. The molecule has 8 heteroatoms. The fourth-order valence-electron chi connectivity index (χ4n) is 3.10. The first-order valence-electron chi connectivity index (χ1n) is 9.18. The predicted octanol–water partition coefficient (Wildman–Crippen LogP) is 3.37. The molecule has 1 aliphatic rings. The monoisotopic (exact) mass is 418 g/mol. The Hall–Kier alpha value is -2.77. The van der Waals surface area contributed by atoms with Crippen LogP contribution in [0.15, 0.2) is 42.5 Å². The van der Waals surface area contributed by atoms with Gasteiger partial charge < -0.3 is 24.4 Å². The molecular formula is C21H23ClN2O5. The molecule has 0 spiro atoms. The third-order valence-electron chi connectivity index (χ3n) is 4.61. The van der Waals surface area contributed by atoms with Crippen LogP contribution in [-0.4, -0.2) is 45.8 Å². The van der Waals surface area contributed by atoms with Crippen LogP contribution in [0.2, 0.25) is 5.02 Å². The number of rotatable bonds is 8. The zero-order chi connectivity index (χ0) is 20.8. The number of nitrogens with zero attached hydrogens (tertiary/aromatic N) is 1. The van der Waals surface area contributed by atoms with Gasteiger partial charge in [0, 0.05) is 42.5 Å². The van der Waals surface area contributed by atoms with Crippen LogP contribution in [0, 0.1) is 5.92 Å². The molecule has 1 saturated heterocycles. The lowest BCUT2D eigenvalue weighted by molar-refractivity contribution is -0.122. The van der Waals surface area contributed by atoms with Gasteiger partial charge in [-0.3, -0.25) is 9.59 Å². The van der Waals surface area contributed by atoms with Crippen LogP contribution in [-0.2, 0) is 14.3 Å². The maximum atomic E-state index is 12.7. The lowest BCUT2D eigenvalue weighted by Gasteiger charge is -2.17. The third kappa shape index (κ3) is 5.19. The number of carbonyl (C=O) groups is 2. The van der Waals surface area contributed by atoms with E-state index in [1.165, 1.54) is 0 Å². The van der Waals surface area contributed by atoms with Crippen molar-refractivity contribution in [1.29, 1.82) is 0 Å². The van der Waals surface area contributed by atoms with Crippen molar-refractivity contribution < 1.29 is 23.8 Å². The molecule has 1 N–H and O–H groups in total. The van der Waals surface area contributed by atoms with E-state index in [9.17, 15) is 9.59 Å². The molecule has 29 heavy (non-hydrogen) atoms. The van der Waals surface area contributed by atoms with Crippen LogP contribution in [0.25, 0.3) is 0 Å². The minimum atomic E-state index is -0.446. The van der Waals surface area contributed by atoms with Gasteiger partial charge in [0.25, 0.3) is 0 Å². The molecule has 0 saturated carbocycles. The number of ether oxygens (including phenoxy) is 3. The molecule has 1 fully saturated rings. The van der Waals surface area contributed by atoms with E-state index >= 15 is 0 Å². The highest BCUT2D eigenvalue weighted by molar-refractivity contribution is 6.30. The van der Waals surface area contributed by atoms with E-state index < -0.39 is 5.92 Å². The van der Waals surface area contributed by atoms with E-state index in [1.54, 1.807) is 61.6 Å². The third-order valence-corrected chi connectivity index (χ3v) is 4.86. The van der Waals surface area contributed by atoms with Crippen LogP contribution < -0.4 is 19.7 Å². The summed E-state index contributed by atoms with van der Waals surface area (Å²) in [5.41, 5.74) is 1.30. The second-order valence-electron chi connectivity index (χ2n) is 6.58. The van der Waals surface area contributed by atoms with Crippen molar-refractivity contribution in [3.05, 3.63) is 47.5 Å². The summed E-state index contributed by atoms with van der Waals surface area (Å²) in [6.45, 7) is 1.11. The first kappa shape index (κ1) is 21.0. The molecule has 0 radical (unpaired) electrons. The van der Waals surface area contributed by atoms with Crippen molar-refractivity contribution in [2.24, 2.45) is 5.92 Å². The summed E-state index contributed by atoms with van der Waals surface area (Å²) in [5, 5.41) is 3.46. The molecule has 1 aliphatic heterocycles. The summed E-state index contributed by atoms with van der Waals surface area (Å²) in [7, 11) is 3.14. The van der Waals surface area contributed by atoms with E-state index in [0.29, 0.717) is 42.0 Å². The quantitative estimate of drug-likeness (QED) is 0.665. The minimum absolute atomic E-state index is 0.0919. The number of anilines is 2. The summed E-state index contributed by atoms with van der Waals surface area (Å²) >= 11 is 5.90. The van der Waals surface area contributed by atoms with E-state index in [1.807, 2.05) is 0 Å². The van der Waals surface area contributed by atoms with Crippen LogP contribution in [0.5, 0.6) is 11.5 Å². The minimum Gasteiger partial charge on any atom is -0.493 e. The van der Waals surface area contributed by atoms with Gasteiger partial charge in [0.05, 0.1) is 19.6 Å². The summed E-state index contributed by atoms with van der Waals surface area (Å²) < 4.78 is 15.9. The van der Waals surface area contributed by atoms with Gasteiger partial charge in [-0.25, -0.2) is 0 Å². The lowest BCUT2D eigenvalue weighted by atomic mass is 10.1. The van der Waals surface area contributed by atoms with E-state index in [4.69, 9.17) is 25.8 Å². The van der Waals surface area contributed by atoms with Crippen LogP contribution >= 0.6 is 11.6 Å². The molecule has 1 unspecified atom stereocenters. The van der Waals surface area contributed by atoms with Gasteiger partial charge in [0.15, 0.2) is 11.5 Å². The molecule has 0 bridgehead atoms. The van der Waals surface area contributed by atoms with Crippen LogP contribution in [0.3, 0.4) is 0 Å². The fourth-order valence-corrected chi connectivity index (χ4v) is 3.23. The highest BCUT2D eigenvalue weighted by atomic mass is 35.5. The van der Waals surface area contributed by atoms with Gasteiger partial charge in [-0.2, -0.15) is 0 Å². The summed E-state index contributed by atoms with van der Waals surface area (Å²) in [5.74, 6) is 0.309. The van der Waals surface area contributed by atoms with Crippen molar-refractivity contribution in [3.63, 3.8) is 0 Å². The highest BCUT2D eigenvalue weighted by Gasteiger charge is 2.35. The van der Waals surface area contributed by atoms with Gasteiger partial charge in [-0.1, -0.05) is 11.6 Å². The molecular weight excluding hydrogens is 396 g/mol. The van der Waals surface area contributed by atoms with Crippen molar-refractivity contribution >= 4 is 34.8 Å². The van der Waals surface area contributed by atoms with E-state index in [2.05, 4.69) is 5.32 Å². The SMILES string of the molecule is COCCOc1cc(NC(=O)C2CC(=O)N(c3ccc(Cl)cc3)C2)ccc1OC. The van der Waals surface area contributed by atoms with Crippen molar-refractivity contribution in [2.75, 3.05) is 44.2 Å². The Bertz CT molecular complexity index is 872. The lowest BCUT2D eigenvalue weighted by Crippen LogP contribution is -2.28. The Kier molecular flexibility index (Phi) is 6.95. The topological polar surface area (TPSA) is 77.1 Å². The van der Waals surface area contributed by atoms with Gasteiger partial charge in [-0.05, 0) is 36.4 Å². The molecule has 1 heterocycles. The van der Waals surface area contributed by atoms with Crippen LogP contribution in [0.1, 0.15) is 6.42 Å². The largest absolute Gasteiger partial charge is 0.493 e. The van der Waals surface area contributed by atoms with Crippen LogP contribution in [0.4, 0.5) is 11.4 Å². The number of hydrogen-bond acceptors (Lipinski definition) is 5. The van der Waals surface area contributed by atoms with Crippen molar-refractivity contribution in [1.82, 2.24) is 0 Å². The average Bonchev–Trinajstić information content (AvgIpc) is 3.11. The van der Waals surface area contributed by atoms with Crippen molar-refractivity contribution in [2.45, 2.75) is 6.42 Å². The molecule has 3 rings (SSSR count). The smallest absolute Gasteiger partial charge is 0.229 e. The average molecular weight is 419 g/mol. The Morgan fingerprint density at radius 2 is 1.90 bits per heavy atom. The van der Waals surface area contributed by atoms with Gasteiger partial charge in [0.1, 0.15) is 6.61 Å². The van der Waals surface area contributed by atoms with Gasteiger partial charge in [-0.15, -0.1) is 0 Å². The number of carbonyl (C=O) groups excluding carboxylic acids is 2. The number of halogens is 1. The molecule has 1 atom stereocenters. The molecule has 7 nitrogen and oxygen atoms in total. The predicted molar refractivity (Wildman–Crippen MR) is 111 cm³/mol. The molecule has 2 aromatic rings. The zero-order valence-electron chi connectivity index (χ0n) is 16.3. The van der Waals surface area contributed by atoms with Crippen molar-refractivity contribution in [3.8, 4) is 11.5 Å². The highest BCUT2D eigenvalue weighted by Crippen LogP contribution is 2.31. The summed E-state index contributed by atoms with van der Waals surface area (Å²) in [4.78, 5) is 26.7. The number of nitrogens with one attached hydrogen (secondary N) is 1. The Balaban J connectivity index is 1.66. The molecule has 0 aliphatic carbocycles. The molecule has 2 amide bonds. The fraction of sp³-hybridized carbons (Fsp3) is 0.333. The number of benzene rings is 2. The van der Waals surface area contributed by atoms with E-state index in [0.717, 1.165) is 5.69 Å². The van der Waals surface area contributed by atoms with Gasteiger partial charge in [0.2, 0.25) is 11.8 Å². The Morgan fingerprint density at radius 3 is 2.59 bits per heavy atom. The molecule has 0 aromatic heterocycles. The standard InChI is InChI=1S/C21H23ClN2O5/c1-27-9-10-29-19-12-16(5-8-18(19)28-2)23-21(26)14-11-20(25)24(13-14)17-6-3-15(22)4-7-17/h3-8,12,14H,9-11,13H2,1-2H3,(H,23,26). The Labute approximate surface area is 174 Å². The van der Waals surface area contributed by atoms with Gasteiger partial charge >= 0.3 is 0 Å². The molecule has 154 valence electrons. The molecule has 2 aromatic carbocycles. The number of hydrogen-bond donors (Lipinski definition) is 1. The second kappa shape index (κ2) is 9.62. The first-order chi connectivity index (χ1) is 14.0. The van der Waals surface area contributed by atoms with E-state index in [-0.39, 0.29) is 18.2 Å². The summed E-state index contributed by atoms with van der Waals surface area (Å²) in [6, 6.07) is 12.1. The number of methoxy groups -OCH3 is 2. The maximum Gasteiger partial charge on any atom is 0.229 e. The summed E-state index contributed by atoms with van der Waals surface area (Å²) in [6.07, 6.45) is 0.155. The zero-order valence-corrected chi connectivity index (χ0v) is 17.1. The normalized spacial score (nSPS) is 16.0.